The summed E-state index contributed by atoms with van der Waals surface area (Å²) in [4.78, 5) is 12.6. The fraction of sp³-hybridized carbons (Fsp3) is 0.320. The van der Waals surface area contributed by atoms with Crippen molar-refractivity contribution in [1.29, 1.82) is 5.26 Å². The second-order valence-corrected chi connectivity index (χ2v) is 7.81. The highest BCUT2D eigenvalue weighted by atomic mass is 16.5. The third kappa shape index (κ3) is 5.34. The number of para-hydroxylation sites is 1. The van der Waals surface area contributed by atoms with Gasteiger partial charge in [-0.25, -0.2) is 4.68 Å². The molecule has 1 N–H and O–H groups in total. The molecule has 0 fully saturated rings. The van der Waals surface area contributed by atoms with Crippen LogP contribution in [0.4, 0.5) is 0 Å². The Balaban J connectivity index is 1.63. The number of aryl methyl sites for hydroxylation is 1. The molecular formula is C25H29N5O2. The second-order valence-electron chi connectivity index (χ2n) is 7.81. The molecule has 2 aromatic heterocycles. The van der Waals surface area contributed by atoms with Crippen molar-refractivity contribution in [3.63, 3.8) is 0 Å². The summed E-state index contributed by atoms with van der Waals surface area (Å²) < 4.78 is 9.23. The van der Waals surface area contributed by atoms with Gasteiger partial charge in [0.05, 0.1) is 24.5 Å². The number of methoxy groups -OCH3 is 1. The van der Waals surface area contributed by atoms with E-state index in [1.165, 1.54) is 0 Å². The third-order valence-electron chi connectivity index (χ3n) is 5.39. The topological polar surface area (TPSA) is 84.9 Å². The number of hydrogen-bond acceptors (Lipinski definition) is 4. The van der Waals surface area contributed by atoms with Crippen LogP contribution in [0.25, 0.3) is 11.8 Å². The standard InChI is InChI=1S/C25H29N5O2/c1-18-12-22(20(3)30(18)19(2)17-32-4)13-23(14-26)25(31)27-11-10-21-15-28-29(16-21)24-8-6-5-7-9-24/h5-9,12-13,15-16,19H,10-11,17H2,1-4H3,(H,27,31)/b23-13+. The molecule has 7 nitrogen and oxygen atoms in total. The normalized spacial score (nSPS) is 12.4. The minimum absolute atomic E-state index is 0.0876. The van der Waals surface area contributed by atoms with Crippen molar-refractivity contribution >= 4 is 12.0 Å². The lowest BCUT2D eigenvalue weighted by Gasteiger charge is -2.17. The Bertz CT molecular complexity index is 1140. The number of nitrogens with zero attached hydrogens (tertiary/aromatic N) is 4. The van der Waals surface area contributed by atoms with Gasteiger partial charge < -0.3 is 14.6 Å². The summed E-state index contributed by atoms with van der Waals surface area (Å²) >= 11 is 0. The van der Waals surface area contributed by atoms with Crippen LogP contribution >= 0.6 is 0 Å². The highest BCUT2D eigenvalue weighted by Gasteiger charge is 2.15. The second kappa shape index (κ2) is 10.6. The largest absolute Gasteiger partial charge is 0.383 e. The van der Waals surface area contributed by atoms with Crippen LogP contribution in [0.15, 0.2) is 54.4 Å². The first-order chi connectivity index (χ1) is 15.4. The Morgan fingerprint density at radius 3 is 2.75 bits per heavy atom. The van der Waals surface area contributed by atoms with Gasteiger partial charge in [0.1, 0.15) is 11.6 Å². The molecule has 0 saturated heterocycles. The molecule has 0 spiro atoms. The molecular weight excluding hydrogens is 402 g/mol. The minimum atomic E-state index is -0.377. The summed E-state index contributed by atoms with van der Waals surface area (Å²) in [6.45, 7) is 7.09. The van der Waals surface area contributed by atoms with Gasteiger partial charge in [0, 0.05) is 31.2 Å². The molecule has 7 heteroatoms. The highest BCUT2D eigenvalue weighted by molar-refractivity contribution is 6.01. The van der Waals surface area contributed by atoms with Gasteiger partial charge in [-0.2, -0.15) is 10.4 Å². The fourth-order valence-electron chi connectivity index (χ4n) is 3.87. The molecule has 2 heterocycles. The van der Waals surface area contributed by atoms with E-state index in [-0.39, 0.29) is 17.5 Å². The zero-order valence-electron chi connectivity index (χ0n) is 19.0. The number of hydrogen-bond donors (Lipinski definition) is 1. The molecule has 32 heavy (non-hydrogen) atoms. The van der Waals surface area contributed by atoms with E-state index in [2.05, 4.69) is 21.9 Å². The quantitative estimate of drug-likeness (QED) is 0.413. The maximum Gasteiger partial charge on any atom is 0.261 e. The van der Waals surface area contributed by atoms with Crippen molar-refractivity contribution in [3.05, 3.63) is 76.9 Å². The van der Waals surface area contributed by atoms with Crippen LogP contribution < -0.4 is 5.32 Å². The maximum absolute atomic E-state index is 12.6. The van der Waals surface area contributed by atoms with Crippen molar-refractivity contribution in [2.24, 2.45) is 0 Å². The van der Waals surface area contributed by atoms with Crippen LogP contribution in [0.5, 0.6) is 0 Å². The lowest BCUT2D eigenvalue weighted by Crippen LogP contribution is -2.26. The van der Waals surface area contributed by atoms with Crippen LogP contribution in [-0.4, -0.2) is 40.5 Å². The number of nitrogens with one attached hydrogen (secondary N) is 1. The molecule has 0 aliphatic carbocycles. The van der Waals surface area contributed by atoms with E-state index in [0.717, 1.165) is 28.2 Å². The Labute approximate surface area is 188 Å². The molecule has 0 bridgehead atoms. The Hall–Kier alpha value is -3.63. The monoisotopic (exact) mass is 431 g/mol. The van der Waals surface area contributed by atoms with Crippen molar-refractivity contribution in [2.75, 3.05) is 20.3 Å². The predicted molar refractivity (Wildman–Crippen MR) is 124 cm³/mol. The third-order valence-corrected chi connectivity index (χ3v) is 5.39. The number of aromatic nitrogens is 3. The molecule has 166 valence electrons. The summed E-state index contributed by atoms with van der Waals surface area (Å²) in [6, 6.07) is 14.0. The molecule has 0 saturated carbocycles. The average Bonchev–Trinajstić information content (AvgIpc) is 3.36. The Morgan fingerprint density at radius 2 is 2.06 bits per heavy atom. The summed E-state index contributed by atoms with van der Waals surface area (Å²) in [5.41, 5.74) is 5.00. The van der Waals surface area contributed by atoms with Gasteiger partial charge in [-0.05, 0) is 62.6 Å². The Kier molecular flexibility index (Phi) is 7.63. The number of ether oxygens (including phenoxy) is 1. The van der Waals surface area contributed by atoms with Crippen molar-refractivity contribution in [1.82, 2.24) is 19.7 Å². The first-order valence-corrected chi connectivity index (χ1v) is 10.6. The van der Waals surface area contributed by atoms with Crippen LogP contribution in [0.1, 0.15) is 35.5 Å². The summed E-state index contributed by atoms with van der Waals surface area (Å²) in [7, 11) is 1.68. The molecule has 1 atom stereocenters. The zero-order valence-corrected chi connectivity index (χ0v) is 19.0. The molecule has 3 rings (SSSR count). The van der Waals surface area contributed by atoms with E-state index in [1.54, 1.807) is 24.1 Å². The number of amides is 1. The van der Waals surface area contributed by atoms with Gasteiger partial charge in [0.2, 0.25) is 0 Å². The van der Waals surface area contributed by atoms with Crippen molar-refractivity contribution in [2.45, 2.75) is 33.2 Å². The van der Waals surface area contributed by atoms with Gasteiger partial charge >= 0.3 is 0 Å². The number of rotatable bonds is 9. The molecule has 1 aromatic carbocycles. The van der Waals surface area contributed by atoms with E-state index >= 15 is 0 Å². The summed E-state index contributed by atoms with van der Waals surface area (Å²) in [6.07, 6.45) is 6.01. The van der Waals surface area contributed by atoms with Gasteiger partial charge in [-0.1, -0.05) is 18.2 Å². The smallest absolute Gasteiger partial charge is 0.261 e. The van der Waals surface area contributed by atoms with Crippen molar-refractivity contribution in [3.8, 4) is 11.8 Å². The van der Waals surface area contributed by atoms with Crippen LogP contribution in [0.3, 0.4) is 0 Å². The molecule has 1 amide bonds. The maximum atomic E-state index is 12.6. The van der Waals surface area contributed by atoms with E-state index in [1.807, 2.05) is 62.5 Å². The number of nitriles is 1. The van der Waals surface area contributed by atoms with Gasteiger partial charge in [0.15, 0.2) is 0 Å². The first kappa shape index (κ1) is 23.0. The van der Waals surface area contributed by atoms with E-state index in [4.69, 9.17) is 4.74 Å². The zero-order chi connectivity index (χ0) is 23.1. The Morgan fingerprint density at radius 1 is 1.31 bits per heavy atom. The molecule has 0 aliphatic heterocycles. The lowest BCUT2D eigenvalue weighted by molar-refractivity contribution is -0.117. The number of carbonyl (C=O) groups excluding carboxylic acids is 1. The van der Waals surface area contributed by atoms with Gasteiger partial charge in [-0.3, -0.25) is 4.79 Å². The first-order valence-electron chi connectivity index (χ1n) is 10.6. The molecule has 1 unspecified atom stereocenters. The van der Waals surface area contributed by atoms with Gasteiger partial charge in [0.25, 0.3) is 5.91 Å². The van der Waals surface area contributed by atoms with E-state index < -0.39 is 0 Å². The highest BCUT2D eigenvalue weighted by Crippen LogP contribution is 2.22. The van der Waals surface area contributed by atoms with E-state index in [0.29, 0.717) is 19.6 Å². The van der Waals surface area contributed by atoms with Crippen LogP contribution in [-0.2, 0) is 16.0 Å². The molecule has 0 aliphatic rings. The number of carbonyl (C=O) groups is 1. The minimum Gasteiger partial charge on any atom is -0.383 e. The lowest BCUT2D eigenvalue weighted by atomic mass is 10.1. The fourth-order valence-corrected chi connectivity index (χ4v) is 3.87. The van der Waals surface area contributed by atoms with E-state index in [9.17, 15) is 10.1 Å². The number of benzene rings is 1. The van der Waals surface area contributed by atoms with Crippen LogP contribution in [0, 0.1) is 25.2 Å². The van der Waals surface area contributed by atoms with Crippen molar-refractivity contribution < 1.29 is 9.53 Å². The summed E-state index contributed by atoms with van der Waals surface area (Å²) in [5, 5.41) is 16.8. The van der Waals surface area contributed by atoms with Crippen LogP contribution in [0.2, 0.25) is 0 Å². The molecule has 3 aromatic rings. The molecule has 0 radical (unpaired) electrons. The predicted octanol–water partition coefficient (Wildman–Crippen LogP) is 3.76. The van der Waals surface area contributed by atoms with Gasteiger partial charge in [-0.15, -0.1) is 0 Å². The SMILES string of the molecule is COCC(C)n1c(C)cc(/C=C(\C#N)C(=O)NCCc2cnn(-c3ccccc3)c2)c1C. The summed E-state index contributed by atoms with van der Waals surface area (Å²) in [5.74, 6) is -0.377. The average molecular weight is 432 g/mol.